The Hall–Kier alpha value is -1.77. The van der Waals surface area contributed by atoms with E-state index in [2.05, 4.69) is 51.5 Å². The number of aromatic nitrogens is 1. The van der Waals surface area contributed by atoms with Gasteiger partial charge in [-0.2, -0.15) is 0 Å². The molecule has 0 unspecified atom stereocenters. The van der Waals surface area contributed by atoms with Crippen molar-refractivity contribution in [1.82, 2.24) is 15.2 Å². The predicted molar refractivity (Wildman–Crippen MR) is 124 cm³/mol. The van der Waals surface area contributed by atoms with Crippen LogP contribution in [0.15, 0.2) is 29.4 Å². The number of aryl methyl sites for hydroxylation is 1. The summed E-state index contributed by atoms with van der Waals surface area (Å²) < 4.78 is 5.15. The molecule has 154 valence electrons. The minimum Gasteiger partial charge on any atom is -0.466 e. The second kappa shape index (κ2) is 10.7. The number of nitrogens with one attached hydrogen (secondary N) is 2. The molecule has 0 atom stereocenters. The molecule has 1 fully saturated rings. The Labute approximate surface area is 184 Å². The average Bonchev–Trinajstić information content (AvgIpc) is 3.10. The zero-order chi connectivity index (χ0) is 19.2. The second-order valence-electron chi connectivity index (χ2n) is 7.05. The molecular formula is C21H31IN4O2. The van der Waals surface area contributed by atoms with Crippen LogP contribution in [0.5, 0.6) is 0 Å². The van der Waals surface area contributed by atoms with Crippen molar-refractivity contribution in [3.63, 3.8) is 0 Å². The van der Waals surface area contributed by atoms with Gasteiger partial charge >= 0.3 is 5.97 Å². The summed E-state index contributed by atoms with van der Waals surface area (Å²) in [5.41, 5.74) is 3.82. The highest BCUT2D eigenvalue weighted by molar-refractivity contribution is 14.0. The summed E-state index contributed by atoms with van der Waals surface area (Å²) in [6, 6.07) is 6.35. The number of fused-ring (bicyclic) bond motifs is 1. The van der Waals surface area contributed by atoms with Crippen LogP contribution in [0, 0.1) is 12.8 Å². The maximum Gasteiger partial charge on any atom is 0.309 e. The van der Waals surface area contributed by atoms with E-state index in [4.69, 9.17) is 4.74 Å². The van der Waals surface area contributed by atoms with Crippen LogP contribution in [0.4, 0.5) is 0 Å². The van der Waals surface area contributed by atoms with Gasteiger partial charge < -0.3 is 19.9 Å². The molecule has 2 aromatic rings. The first kappa shape index (κ1) is 22.5. The van der Waals surface area contributed by atoms with Crippen LogP contribution in [0.1, 0.15) is 30.9 Å². The number of carbonyl (C=O) groups is 1. The Kier molecular flexibility index (Phi) is 8.59. The van der Waals surface area contributed by atoms with Crippen molar-refractivity contribution >= 4 is 46.8 Å². The zero-order valence-electron chi connectivity index (χ0n) is 17.0. The summed E-state index contributed by atoms with van der Waals surface area (Å²) in [6.45, 7) is 6.94. The lowest BCUT2D eigenvalue weighted by Gasteiger charge is -2.33. The van der Waals surface area contributed by atoms with Gasteiger partial charge in [0.2, 0.25) is 0 Å². The first-order valence-corrected chi connectivity index (χ1v) is 9.81. The van der Waals surface area contributed by atoms with Gasteiger partial charge in [0.05, 0.1) is 12.5 Å². The molecule has 1 aromatic heterocycles. The second-order valence-corrected chi connectivity index (χ2v) is 7.05. The minimum absolute atomic E-state index is 0. The number of guanidine groups is 1. The van der Waals surface area contributed by atoms with Gasteiger partial charge in [-0.25, -0.2) is 0 Å². The number of carbonyl (C=O) groups excluding carboxylic acids is 1. The van der Waals surface area contributed by atoms with Crippen molar-refractivity contribution in [1.29, 1.82) is 0 Å². The normalized spacial score (nSPS) is 15.4. The van der Waals surface area contributed by atoms with Crippen molar-refractivity contribution in [2.24, 2.45) is 10.9 Å². The molecule has 0 amide bonds. The number of esters is 1. The number of halogens is 1. The third-order valence-corrected chi connectivity index (χ3v) is 5.30. The molecule has 0 bridgehead atoms. The van der Waals surface area contributed by atoms with Crippen LogP contribution in [0.3, 0.4) is 0 Å². The molecule has 1 aliphatic rings. The number of aliphatic imine (C=N–C) groups is 1. The Bertz CT molecular complexity index is 810. The van der Waals surface area contributed by atoms with Crippen LogP contribution in [-0.4, -0.2) is 55.1 Å². The fraction of sp³-hybridized carbons (Fsp3) is 0.524. The Morgan fingerprint density at radius 2 is 2.11 bits per heavy atom. The molecule has 7 heteroatoms. The summed E-state index contributed by atoms with van der Waals surface area (Å²) in [6.07, 6.45) is 4.68. The van der Waals surface area contributed by atoms with Crippen LogP contribution >= 0.6 is 24.0 Å². The first-order chi connectivity index (χ1) is 13.1. The maximum absolute atomic E-state index is 11.9. The monoisotopic (exact) mass is 498 g/mol. The van der Waals surface area contributed by atoms with Gasteiger partial charge in [0.25, 0.3) is 0 Å². The highest BCUT2D eigenvalue weighted by Crippen LogP contribution is 2.22. The summed E-state index contributed by atoms with van der Waals surface area (Å²) in [5.74, 6) is 0.872. The van der Waals surface area contributed by atoms with Crippen molar-refractivity contribution < 1.29 is 9.53 Å². The SMILES string of the molecule is CCOC(=O)C1CCN(C(=NC)NCCc2c[nH]c3cccc(C)c23)CC1.I. The van der Waals surface area contributed by atoms with Gasteiger partial charge in [-0.3, -0.25) is 9.79 Å². The standard InChI is InChI=1S/C21H30N4O2.HI/c1-4-27-20(26)16-9-12-25(13-10-16)21(22-3)23-11-8-17-14-24-18-7-5-6-15(2)19(17)18;/h5-7,14,16,24H,4,8-13H2,1-3H3,(H,22,23);1H. The van der Waals surface area contributed by atoms with E-state index < -0.39 is 0 Å². The Morgan fingerprint density at radius 1 is 1.36 bits per heavy atom. The number of nitrogens with zero attached hydrogens (tertiary/aromatic N) is 2. The highest BCUT2D eigenvalue weighted by atomic mass is 127. The van der Waals surface area contributed by atoms with Gasteiger partial charge in [0.1, 0.15) is 0 Å². The first-order valence-electron chi connectivity index (χ1n) is 9.81. The molecule has 6 nitrogen and oxygen atoms in total. The van der Waals surface area contributed by atoms with E-state index in [0.717, 1.165) is 44.9 Å². The molecule has 1 aliphatic heterocycles. The van der Waals surface area contributed by atoms with Gasteiger partial charge in [-0.05, 0) is 50.3 Å². The van der Waals surface area contributed by atoms with Crippen LogP contribution < -0.4 is 5.32 Å². The molecule has 3 rings (SSSR count). The van der Waals surface area contributed by atoms with E-state index in [1.807, 2.05) is 14.0 Å². The minimum atomic E-state index is -0.0604. The van der Waals surface area contributed by atoms with Crippen molar-refractivity contribution in [2.45, 2.75) is 33.1 Å². The lowest BCUT2D eigenvalue weighted by atomic mass is 9.97. The molecule has 1 saturated heterocycles. The average molecular weight is 498 g/mol. The highest BCUT2D eigenvalue weighted by Gasteiger charge is 2.27. The van der Waals surface area contributed by atoms with E-state index in [0.29, 0.717) is 6.61 Å². The third-order valence-electron chi connectivity index (χ3n) is 5.30. The number of aromatic amines is 1. The number of likely N-dealkylation sites (tertiary alicyclic amines) is 1. The molecule has 0 aliphatic carbocycles. The topological polar surface area (TPSA) is 69.7 Å². The van der Waals surface area contributed by atoms with E-state index in [9.17, 15) is 4.79 Å². The number of ether oxygens (including phenoxy) is 1. The fourth-order valence-electron chi connectivity index (χ4n) is 3.88. The summed E-state index contributed by atoms with van der Waals surface area (Å²) in [7, 11) is 1.82. The largest absolute Gasteiger partial charge is 0.466 e. The Balaban J connectivity index is 0.00000280. The van der Waals surface area contributed by atoms with E-state index in [-0.39, 0.29) is 35.9 Å². The molecule has 0 spiro atoms. The van der Waals surface area contributed by atoms with Crippen molar-refractivity contribution in [3.05, 3.63) is 35.5 Å². The lowest BCUT2D eigenvalue weighted by molar-refractivity contribution is -0.149. The number of hydrogen-bond donors (Lipinski definition) is 2. The molecule has 2 heterocycles. The van der Waals surface area contributed by atoms with E-state index in [1.165, 1.54) is 22.0 Å². The van der Waals surface area contributed by atoms with Crippen molar-refractivity contribution in [2.75, 3.05) is 33.3 Å². The maximum atomic E-state index is 11.9. The fourth-order valence-corrected chi connectivity index (χ4v) is 3.88. The molecule has 0 saturated carbocycles. The smallest absolute Gasteiger partial charge is 0.309 e. The van der Waals surface area contributed by atoms with Crippen molar-refractivity contribution in [3.8, 4) is 0 Å². The van der Waals surface area contributed by atoms with Gasteiger partial charge in [0.15, 0.2) is 5.96 Å². The summed E-state index contributed by atoms with van der Waals surface area (Å²) in [4.78, 5) is 21.9. The summed E-state index contributed by atoms with van der Waals surface area (Å²) >= 11 is 0. The molecular weight excluding hydrogens is 467 g/mol. The van der Waals surface area contributed by atoms with Gasteiger partial charge in [-0.1, -0.05) is 12.1 Å². The quantitative estimate of drug-likeness (QED) is 0.287. The molecule has 0 radical (unpaired) electrons. The molecule has 1 aromatic carbocycles. The number of piperidine rings is 1. The third kappa shape index (κ3) is 5.18. The number of hydrogen-bond acceptors (Lipinski definition) is 3. The van der Waals surface area contributed by atoms with Gasteiger partial charge in [-0.15, -0.1) is 24.0 Å². The lowest BCUT2D eigenvalue weighted by Crippen LogP contribution is -2.47. The van der Waals surface area contributed by atoms with Gasteiger partial charge in [0, 0.05) is 43.8 Å². The zero-order valence-corrected chi connectivity index (χ0v) is 19.3. The summed E-state index contributed by atoms with van der Waals surface area (Å²) in [5, 5.41) is 4.80. The predicted octanol–water partition coefficient (Wildman–Crippen LogP) is 3.49. The van der Waals surface area contributed by atoms with Crippen LogP contribution in [0.2, 0.25) is 0 Å². The number of benzene rings is 1. The number of rotatable bonds is 5. The molecule has 2 N–H and O–H groups in total. The van der Waals surface area contributed by atoms with E-state index in [1.54, 1.807) is 0 Å². The van der Waals surface area contributed by atoms with Crippen LogP contribution in [0.25, 0.3) is 10.9 Å². The number of H-pyrrole nitrogens is 1. The molecule has 28 heavy (non-hydrogen) atoms. The van der Waals surface area contributed by atoms with Crippen LogP contribution in [-0.2, 0) is 16.0 Å². The van der Waals surface area contributed by atoms with E-state index >= 15 is 0 Å². The Morgan fingerprint density at radius 3 is 2.79 bits per heavy atom.